The van der Waals surface area contributed by atoms with Crippen molar-refractivity contribution in [2.45, 2.75) is 27.3 Å². The van der Waals surface area contributed by atoms with Crippen LogP contribution in [0.1, 0.15) is 39.0 Å². The lowest BCUT2D eigenvalue weighted by Gasteiger charge is -2.06. The molecule has 2 aromatic heterocycles. The number of carbonyl (C=O) groups is 2. The van der Waals surface area contributed by atoms with Gasteiger partial charge < -0.3 is 14.3 Å². The van der Waals surface area contributed by atoms with Gasteiger partial charge in [-0.15, -0.1) is 0 Å². The van der Waals surface area contributed by atoms with Gasteiger partial charge >= 0.3 is 5.97 Å². The van der Waals surface area contributed by atoms with Gasteiger partial charge in [0, 0.05) is 23.4 Å². The fraction of sp³-hybridized carbons (Fsp3) is 0.312. The Bertz CT molecular complexity index is 909. The van der Waals surface area contributed by atoms with Crippen LogP contribution in [0.4, 0.5) is 5.69 Å². The van der Waals surface area contributed by atoms with E-state index in [4.69, 9.17) is 4.74 Å². The van der Waals surface area contributed by atoms with E-state index in [0.29, 0.717) is 11.3 Å². The lowest BCUT2D eigenvalue weighted by molar-refractivity contribution is -0.385. The van der Waals surface area contributed by atoms with Crippen LogP contribution >= 0.6 is 0 Å². The summed E-state index contributed by atoms with van der Waals surface area (Å²) < 4.78 is 5.89. The summed E-state index contributed by atoms with van der Waals surface area (Å²) in [6.07, 6.45) is 1.02. The van der Waals surface area contributed by atoms with Crippen LogP contribution < -0.4 is 5.56 Å². The van der Waals surface area contributed by atoms with Gasteiger partial charge in [0.05, 0.1) is 24.3 Å². The lowest BCUT2D eigenvalue weighted by Crippen LogP contribution is -2.24. The number of H-pyrrole nitrogens is 1. The third-order valence-corrected chi connectivity index (χ3v) is 3.69. The Kier molecular flexibility index (Phi) is 5.16. The van der Waals surface area contributed by atoms with Gasteiger partial charge in [-0.1, -0.05) is 0 Å². The summed E-state index contributed by atoms with van der Waals surface area (Å²) in [4.78, 5) is 49.3. The molecule has 9 heteroatoms. The number of nitrogens with zero attached hydrogens (tertiary/aromatic N) is 2. The Morgan fingerprint density at radius 3 is 2.60 bits per heavy atom. The molecule has 0 atom stereocenters. The van der Waals surface area contributed by atoms with E-state index in [0.717, 1.165) is 22.9 Å². The normalized spacial score (nSPS) is 10.5. The first-order chi connectivity index (χ1) is 11.8. The highest BCUT2D eigenvalue weighted by atomic mass is 16.6. The molecule has 0 aromatic carbocycles. The maximum Gasteiger partial charge on any atom is 0.355 e. The van der Waals surface area contributed by atoms with Gasteiger partial charge in [0.15, 0.2) is 5.78 Å². The number of hydrogen-bond donors (Lipinski definition) is 1. The molecule has 0 aliphatic rings. The Hall–Kier alpha value is -3.23. The number of esters is 1. The van der Waals surface area contributed by atoms with Crippen LogP contribution in [-0.2, 0) is 11.3 Å². The van der Waals surface area contributed by atoms with E-state index < -0.39 is 22.2 Å². The van der Waals surface area contributed by atoms with Crippen molar-refractivity contribution in [3.63, 3.8) is 0 Å². The molecule has 2 rings (SSSR count). The molecule has 0 aliphatic heterocycles. The average molecular weight is 347 g/mol. The van der Waals surface area contributed by atoms with Crippen molar-refractivity contribution < 1.29 is 19.2 Å². The summed E-state index contributed by atoms with van der Waals surface area (Å²) in [5, 5.41) is 10.8. The van der Waals surface area contributed by atoms with Crippen molar-refractivity contribution in [2.24, 2.45) is 0 Å². The van der Waals surface area contributed by atoms with E-state index in [9.17, 15) is 24.5 Å². The Morgan fingerprint density at radius 1 is 1.32 bits per heavy atom. The van der Waals surface area contributed by atoms with E-state index >= 15 is 0 Å². The van der Waals surface area contributed by atoms with Crippen LogP contribution in [0.15, 0.2) is 23.1 Å². The highest BCUT2D eigenvalue weighted by Gasteiger charge is 2.23. The van der Waals surface area contributed by atoms with Crippen molar-refractivity contribution in [1.82, 2.24) is 9.55 Å². The predicted octanol–water partition coefficient (Wildman–Crippen LogP) is 1.76. The lowest BCUT2D eigenvalue weighted by atomic mass is 10.1. The standard InChI is InChI=1S/C16H17N3O6/c1-4-25-16(22)15-9(2)14(10(3)17-15)12(20)8-18-7-11(19(23)24)5-6-13(18)21/h5-7,17H,4,8H2,1-3H3. The largest absolute Gasteiger partial charge is 0.461 e. The minimum absolute atomic E-state index is 0.175. The van der Waals surface area contributed by atoms with Crippen molar-refractivity contribution in [2.75, 3.05) is 6.61 Å². The van der Waals surface area contributed by atoms with E-state index in [-0.39, 0.29) is 30.1 Å². The number of hydrogen-bond acceptors (Lipinski definition) is 6. The molecule has 0 saturated heterocycles. The maximum absolute atomic E-state index is 12.6. The third kappa shape index (κ3) is 3.65. The molecule has 25 heavy (non-hydrogen) atoms. The van der Waals surface area contributed by atoms with Gasteiger partial charge in [0.25, 0.3) is 11.2 Å². The summed E-state index contributed by atoms with van der Waals surface area (Å²) in [7, 11) is 0. The molecule has 0 saturated carbocycles. The predicted molar refractivity (Wildman–Crippen MR) is 87.9 cm³/mol. The molecule has 2 aromatic rings. The minimum Gasteiger partial charge on any atom is -0.461 e. The second-order valence-corrected chi connectivity index (χ2v) is 5.38. The second kappa shape index (κ2) is 7.12. The Labute approximate surface area is 142 Å². The highest BCUT2D eigenvalue weighted by Crippen LogP contribution is 2.20. The van der Waals surface area contributed by atoms with Crippen LogP contribution in [0.25, 0.3) is 0 Å². The number of rotatable bonds is 6. The zero-order valence-electron chi connectivity index (χ0n) is 14.0. The molecule has 0 aliphatic carbocycles. The molecule has 2 heterocycles. The van der Waals surface area contributed by atoms with Gasteiger partial charge in [0.2, 0.25) is 0 Å². The molecule has 0 bridgehead atoms. The van der Waals surface area contributed by atoms with Crippen molar-refractivity contribution in [3.8, 4) is 0 Å². The Morgan fingerprint density at radius 2 is 2.00 bits per heavy atom. The maximum atomic E-state index is 12.6. The summed E-state index contributed by atoms with van der Waals surface area (Å²) in [5.41, 5.74) is 0.497. The molecule has 0 radical (unpaired) electrons. The highest BCUT2D eigenvalue weighted by molar-refractivity contribution is 6.02. The zero-order valence-corrected chi connectivity index (χ0v) is 14.0. The number of nitrogens with one attached hydrogen (secondary N) is 1. The summed E-state index contributed by atoms with van der Waals surface area (Å²) in [6, 6.07) is 2.11. The van der Waals surface area contributed by atoms with Gasteiger partial charge in [-0.2, -0.15) is 0 Å². The fourth-order valence-electron chi connectivity index (χ4n) is 2.56. The number of ether oxygens (including phenoxy) is 1. The van der Waals surface area contributed by atoms with Crippen LogP contribution in [0.3, 0.4) is 0 Å². The number of Topliss-reactive ketones (excluding diaryl/α,β-unsaturated/α-hetero) is 1. The molecule has 0 spiro atoms. The van der Waals surface area contributed by atoms with Crippen LogP contribution in [0.2, 0.25) is 0 Å². The van der Waals surface area contributed by atoms with Gasteiger partial charge in [-0.25, -0.2) is 4.79 Å². The zero-order chi connectivity index (χ0) is 18.7. The SMILES string of the molecule is CCOC(=O)c1[nH]c(C)c(C(=O)Cn2cc([N+](=O)[O-])ccc2=O)c1C. The molecule has 9 nitrogen and oxygen atoms in total. The van der Waals surface area contributed by atoms with Gasteiger partial charge in [0.1, 0.15) is 5.69 Å². The number of pyridine rings is 1. The number of nitro groups is 1. The number of carbonyl (C=O) groups excluding carboxylic acids is 2. The van der Waals surface area contributed by atoms with Gasteiger partial charge in [-0.3, -0.25) is 19.7 Å². The summed E-state index contributed by atoms with van der Waals surface area (Å²) in [5.74, 6) is -1.01. The van der Waals surface area contributed by atoms with Gasteiger partial charge in [-0.05, 0) is 26.3 Å². The number of ketones is 1. The molecule has 132 valence electrons. The quantitative estimate of drug-likeness (QED) is 0.367. The van der Waals surface area contributed by atoms with Crippen molar-refractivity contribution >= 4 is 17.4 Å². The third-order valence-electron chi connectivity index (χ3n) is 3.69. The van der Waals surface area contributed by atoms with E-state index in [2.05, 4.69) is 4.98 Å². The van der Waals surface area contributed by atoms with Crippen molar-refractivity contribution in [3.05, 3.63) is 61.3 Å². The monoisotopic (exact) mass is 347 g/mol. The molecule has 0 unspecified atom stereocenters. The number of aryl methyl sites for hydroxylation is 1. The fourth-order valence-corrected chi connectivity index (χ4v) is 2.56. The molecular formula is C16H17N3O6. The topological polar surface area (TPSA) is 124 Å². The van der Waals surface area contributed by atoms with Crippen molar-refractivity contribution in [1.29, 1.82) is 0 Å². The second-order valence-electron chi connectivity index (χ2n) is 5.38. The van der Waals surface area contributed by atoms with Crippen LogP contribution in [0.5, 0.6) is 0 Å². The van der Waals surface area contributed by atoms with Crippen LogP contribution in [-0.4, -0.2) is 32.8 Å². The first kappa shape index (κ1) is 18.1. The van der Waals surface area contributed by atoms with E-state index in [1.54, 1.807) is 20.8 Å². The van der Waals surface area contributed by atoms with E-state index in [1.807, 2.05) is 0 Å². The minimum atomic E-state index is -0.647. The Balaban J connectivity index is 2.37. The summed E-state index contributed by atoms with van der Waals surface area (Å²) in [6.45, 7) is 4.72. The number of aromatic nitrogens is 2. The number of aromatic amines is 1. The first-order valence-corrected chi connectivity index (χ1v) is 7.50. The van der Waals surface area contributed by atoms with Crippen LogP contribution in [0, 0.1) is 24.0 Å². The molecular weight excluding hydrogens is 330 g/mol. The van der Waals surface area contributed by atoms with E-state index in [1.165, 1.54) is 0 Å². The smallest absolute Gasteiger partial charge is 0.355 e. The summed E-state index contributed by atoms with van der Waals surface area (Å²) >= 11 is 0. The average Bonchev–Trinajstić information content (AvgIpc) is 2.84. The molecule has 1 N–H and O–H groups in total. The molecule has 0 fully saturated rings. The first-order valence-electron chi connectivity index (χ1n) is 7.50. The molecule has 0 amide bonds.